The molecule has 0 amide bonds. The predicted octanol–water partition coefficient (Wildman–Crippen LogP) is 1.12. The number of hydrogen-bond acceptors (Lipinski definition) is 2. The van der Waals surface area contributed by atoms with E-state index in [4.69, 9.17) is 4.74 Å². The standard InChI is InChI=1S/C6H8O2.H2/c1-4-3-5(2)8-6(4)7;/h3,5H,1-2H3;1H/t5-;/m0./s1. The van der Waals surface area contributed by atoms with Crippen LogP contribution in [0, 0.1) is 0 Å². The van der Waals surface area contributed by atoms with E-state index in [9.17, 15) is 4.79 Å². The molecule has 1 aliphatic heterocycles. The molecule has 0 aromatic heterocycles. The van der Waals surface area contributed by atoms with Gasteiger partial charge in [-0.2, -0.15) is 0 Å². The molecule has 0 saturated heterocycles. The summed E-state index contributed by atoms with van der Waals surface area (Å²) in [6.07, 6.45) is 1.80. The van der Waals surface area contributed by atoms with Gasteiger partial charge in [-0.1, -0.05) is 0 Å². The van der Waals surface area contributed by atoms with Crippen LogP contribution in [0.1, 0.15) is 15.3 Å². The first kappa shape index (κ1) is 5.35. The lowest BCUT2D eigenvalue weighted by Gasteiger charge is -1.96. The zero-order chi connectivity index (χ0) is 6.15. The number of carbonyl (C=O) groups is 1. The Hall–Kier alpha value is -0.790. The Labute approximate surface area is 49.6 Å². The first-order valence-corrected chi connectivity index (χ1v) is 2.59. The average Bonchev–Trinajstić information content (AvgIpc) is 1.85. The first-order chi connectivity index (χ1) is 3.70. The number of hydrogen-bond donors (Lipinski definition) is 0. The minimum absolute atomic E-state index is 0. The summed E-state index contributed by atoms with van der Waals surface area (Å²) in [6, 6.07) is 0. The highest BCUT2D eigenvalue weighted by Crippen LogP contribution is 2.10. The molecule has 0 spiro atoms. The van der Waals surface area contributed by atoms with Crippen LogP contribution in [0.2, 0.25) is 0 Å². The average molecular weight is 114 g/mol. The molecule has 1 rings (SSSR count). The molecule has 0 aromatic rings. The second-order valence-electron chi connectivity index (χ2n) is 1.96. The van der Waals surface area contributed by atoms with E-state index in [2.05, 4.69) is 0 Å². The van der Waals surface area contributed by atoms with Crippen LogP contribution in [0.4, 0.5) is 0 Å². The van der Waals surface area contributed by atoms with E-state index in [0.717, 1.165) is 5.57 Å². The summed E-state index contributed by atoms with van der Waals surface area (Å²) in [4.78, 5) is 10.5. The van der Waals surface area contributed by atoms with E-state index in [1.807, 2.05) is 13.0 Å². The van der Waals surface area contributed by atoms with E-state index >= 15 is 0 Å². The van der Waals surface area contributed by atoms with Crippen LogP contribution in [0.3, 0.4) is 0 Å². The summed E-state index contributed by atoms with van der Waals surface area (Å²) >= 11 is 0. The molecule has 0 bridgehead atoms. The molecule has 0 fully saturated rings. The highest BCUT2D eigenvalue weighted by Gasteiger charge is 2.16. The Kier molecular flexibility index (Phi) is 1.08. The largest absolute Gasteiger partial charge is 0.455 e. The molecule has 0 radical (unpaired) electrons. The predicted molar refractivity (Wildman–Crippen MR) is 31.4 cm³/mol. The van der Waals surface area contributed by atoms with Gasteiger partial charge in [0.05, 0.1) is 0 Å². The topological polar surface area (TPSA) is 26.3 Å². The van der Waals surface area contributed by atoms with Gasteiger partial charge < -0.3 is 4.74 Å². The lowest BCUT2D eigenvalue weighted by Crippen LogP contribution is -2.02. The highest BCUT2D eigenvalue weighted by molar-refractivity contribution is 5.90. The molecular weight excluding hydrogens is 104 g/mol. The summed E-state index contributed by atoms with van der Waals surface area (Å²) in [6.45, 7) is 3.60. The molecule has 0 saturated carbocycles. The number of carbonyl (C=O) groups excluding carboxylic acids is 1. The molecule has 1 heterocycles. The van der Waals surface area contributed by atoms with Crippen molar-refractivity contribution in [1.82, 2.24) is 0 Å². The summed E-state index contributed by atoms with van der Waals surface area (Å²) in [5.41, 5.74) is 0.720. The lowest BCUT2D eigenvalue weighted by atomic mass is 10.3. The third-order valence-corrected chi connectivity index (χ3v) is 1.10. The second kappa shape index (κ2) is 1.62. The zero-order valence-corrected chi connectivity index (χ0v) is 4.97. The van der Waals surface area contributed by atoms with E-state index in [1.165, 1.54) is 0 Å². The fourth-order valence-corrected chi connectivity index (χ4v) is 0.716. The smallest absolute Gasteiger partial charge is 0.334 e. The van der Waals surface area contributed by atoms with E-state index in [-0.39, 0.29) is 13.5 Å². The summed E-state index contributed by atoms with van der Waals surface area (Å²) in [7, 11) is 0. The van der Waals surface area contributed by atoms with Crippen LogP contribution in [0.5, 0.6) is 0 Å². The minimum atomic E-state index is -0.183. The third-order valence-electron chi connectivity index (χ3n) is 1.10. The fourth-order valence-electron chi connectivity index (χ4n) is 0.716. The van der Waals surface area contributed by atoms with Crippen molar-refractivity contribution < 1.29 is 11.0 Å². The van der Waals surface area contributed by atoms with Crippen molar-refractivity contribution >= 4 is 5.97 Å². The van der Waals surface area contributed by atoms with Gasteiger partial charge in [-0.25, -0.2) is 4.79 Å². The van der Waals surface area contributed by atoms with Gasteiger partial charge in [-0.05, 0) is 19.9 Å². The summed E-state index contributed by atoms with van der Waals surface area (Å²) < 4.78 is 4.74. The van der Waals surface area contributed by atoms with E-state index in [1.54, 1.807) is 6.92 Å². The molecule has 1 atom stereocenters. The van der Waals surface area contributed by atoms with Gasteiger partial charge in [0.1, 0.15) is 6.10 Å². The normalized spacial score (nSPS) is 27.5. The van der Waals surface area contributed by atoms with Crippen LogP contribution in [-0.2, 0) is 9.53 Å². The van der Waals surface area contributed by atoms with Gasteiger partial charge in [0.15, 0.2) is 0 Å². The Morgan fingerprint density at radius 2 is 2.50 bits per heavy atom. The summed E-state index contributed by atoms with van der Waals surface area (Å²) in [5.74, 6) is -0.183. The first-order valence-electron chi connectivity index (χ1n) is 2.59. The van der Waals surface area contributed by atoms with Crippen LogP contribution in [0.15, 0.2) is 11.6 Å². The summed E-state index contributed by atoms with van der Waals surface area (Å²) in [5, 5.41) is 0. The lowest BCUT2D eigenvalue weighted by molar-refractivity contribution is -0.138. The monoisotopic (exact) mass is 114 g/mol. The Balaban J connectivity index is 0.000000640. The highest BCUT2D eigenvalue weighted by atomic mass is 16.5. The quantitative estimate of drug-likeness (QED) is 0.441. The number of ether oxygens (including phenoxy) is 1. The van der Waals surface area contributed by atoms with Crippen molar-refractivity contribution in [2.45, 2.75) is 20.0 Å². The maximum Gasteiger partial charge on any atom is 0.334 e. The number of rotatable bonds is 0. The SMILES string of the molecule is CC1=C[C@H](C)OC1=O.[HH]. The molecule has 0 aliphatic carbocycles. The number of cyclic esters (lactones) is 1. The molecular formula is C6H10O2. The Morgan fingerprint density at radius 1 is 1.88 bits per heavy atom. The third kappa shape index (κ3) is 0.735. The number of esters is 1. The molecule has 46 valence electrons. The molecule has 8 heavy (non-hydrogen) atoms. The Morgan fingerprint density at radius 3 is 2.62 bits per heavy atom. The minimum Gasteiger partial charge on any atom is -0.455 e. The maximum absolute atomic E-state index is 10.5. The molecule has 0 N–H and O–H groups in total. The van der Waals surface area contributed by atoms with E-state index < -0.39 is 0 Å². The van der Waals surface area contributed by atoms with Gasteiger partial charge in [-0.15, -0.1) is 0 Å². The molecule has 1 aliphatic rings. The van der Waals surface area contributed by atoms with Crippen LogP contribution >= 0.6 is 0 Å². The molecule has 2 heteroatoms. The van der Waals surface area contributed by atoms with Crippen molar-refractivity contribution in [3.63, 3.8) is 0 Å². The van der Waals surface area contributed by atoms with Gasteiger partial charge in [-0.3, -0.25) is 0 Å². The zero-order valence-electron chi connectivity index (χ0n) is 4.97. The fraction of sp³-hybridized carbons (Fsp3) is 0.500. The van der Waals surface area contributed by atoms with Crippen LogP contribution < -0.4 is 0 Å². The van der Waals surface area contributed by atoms with Gasteiger partial charge in [0.2, 0.25) is 0 Å². The molecule has 2 nitrogen and oxygen atoms in total. The molecule has 0 aromatic carbocycles. The van der Waals surface area contributed by atoms with Crippen molar-refractivity contribution in [3.05, 3.63) is 11.6 Å². The Bertz CT molecular complexity index is 151. The van der Waals surface area contributed by atoms with Crippen molar-refractivity contribution in [3.8, 4) is 0 Å². The van der Waals surface area contributed by atoms with Crippen molar-refractivity contribution in [2.24, 2.45) is 0 Å². The van der Waals surface area contributed by atoms with E-state index in [0.29, 0.717) is 0 Å². The maximum atomic E-state index is 10.5. The van der Waals surface area contributed by atoms with Gasteiger partial charge >= 0.3 is 5.97 Å². The van der Waals surface area contributed by atoms with Crippen molar-refractivity contribution in [1.29, 1.82) is 0 Å². The van der Waals surface area contributed by atoms with Gasteiger partial charge in [0, 0.05) is 7.00 Å². The second-order valence-corrected chi connectivity index (χ2v) is 1.96. The van der Waals surface area contributed by atoms with Crippen LogP contribution in [-0.4, -0.2) is 12.1 Å². The van der Waals surface area contributed by atoms with Crippen LogP contribution in [0.25, 0.3) is 0 Å². The molecule has 0 unspecified atom stereocenters. The van der Waals surface area contributed by atoms with Gasteiger partial charge in [0.25, 0.3) is 0 Å². The van der Waals surface area contributed by atoms with Crippen molar-refractivity contribution in [2.75, 3.05) is 0 Å².